The molecule has 1 aliphatic rings. The molecule has 0 saturated carbocycles. The van der Waals surface area contributed by atoms with Gasteiger partial charge in [-0.15, -0.1) is 0 Å². The molecular formula is C11H12BrNO2. The van der Waals surface area contributed by atoms with Crippen molar-refractivity contribution < 1.29 is 9.90 Å². The molecule has 1 atom stereocenters. The fourth-order valence-corrected chi connectivity index (χ4v) is 2.13. The van der Waals surface area contributed by atoms with Gasteiger partial charge in [0.2, 0.25) is 0 Å². The highest BCUT2D eigenvalue weighted by Gasteiger charge is 2.25. The molecule has 1 aromatic rings. The van der Waals surface area contributed by atoms with E-state index in [0.29, 0.717) is 25.1 Å². The van der Waals surface area contributed by atoms with Crippen molar-refractivity contribution in [1.29, 1.82) is 0 Å². The number of rotatable bonds is 1. The third-order valence-corrected chi connectivity index (χ3v) is 3.02. The van der Waals surface area contributed by atoms with Crippen LogP contribution < -0.4 is 0 Å². The van der Waals surface area contributed by atoms with Crippen molar-refractivity contribution in [3.8, 4) is 0 Å². The summed E-state index contributed by atoms with van der Waals surface area (Å²) in [5, 5.41) is 9.35. The van der Waals surface area contributed by atoms with Crippen molar-refractivity contribution in [2.75, 3.05) is 13.1 Å². The Hall–Kier alpha value is -0.870. The van der Waals surface area contributed by atoms with Crippen molar-refractivity contribution in [3.63, 3.8) is 0 Å². The maximum atomic E-state index is 11.9. The van der Waals surface area contributed by atoms with Gasteiger partial charge in [-0.1, -0.05) is 22.0 Å². The van der Waals surface area contributed by atoms with Crippen LogP contribution in [0.5, 0.6) is 0 Å². The Morgan fingerprint density at radius 2 is 2.33 bits per heavy atom. The zero-order valence-electron chi connectivity index (χ0n) is 8.19. The molecule has 1 aliphatic heterocycles. The van der Waals surface area contributed by atoms with Crippen LogP contribution >= 0.6 is 15.9 Å². The van der Waals surface area contributed by atoms with Gasteiger partial charge in [-0.05, 0) is 24.6 Å². The molecule has 0 aliphatic carbocycles. The summed E-state index contributed by atoms with van der Waals surface area (Å²) < 4.78 is 0.896. The molecule has 0 radical (unpaired) electrons. The lowest BCUT2D eigenvalue weighted by Gasteiger charge is -2.15. The summed E-state index contributed by atoms with van der Waals surface area (Å²) >= 11 is 3.33. The number of halogens is 1. The number of carbonyl (C=O) groups excluding carboxylic acids is 1. The van der Waals surface area contributed by atoms with Gasteiger partial charge in [-0.2, -0.15) is 0 Å². The highest BCUT2D eigenvalue weighted by Crippen LogP contribution is 2.16. The number of nitrogens with zero attached hydrogens (tertiary/aromatic N) is 1. The largest absolute Gasteiger partial charge is 0.391 e. The summed E-state index contributed by atoms with van der Waals surface area (Å²) in [5.41, 5.74) is 0.665. The van der Waals surface area contributed by atoms with E-state index in [4.69, 9.17) is 0 Å². The van der Waals surface area contributed by atoms with Crippen LogP contribution in [-0.2, 0) is 0 Å². The predicted molar refractivity (Wildman–Crippen MR) is 60.7 cm³/mol. The second-order valence-corrected chi connectivity index (χ2v) is 4.62. The molecule has 0 spiro atoms. The molecule has 4 heteroatoms. The second-order valence-electron chi connectivity index (χ2n) is 3.70. The van der Waals surface area contributed by atoms with Crippen LogP contribution in [0.25, 0.3) is 0 Å². The lowest BCUT2D eigenvalue weighted by molar-refractivity contribution is 0.0765. The first-order valence-electron chi connectivity index (χ1n) is 4.90. The minimum Gasteiger partial charge on any atom is -0.391 e. The SMILES string of the molecule is O=C(c1cccc(Br)c1)N1CCC(O)C1. The third-order valence-electron chi connectivity index (χ3n) is 2.52. The summed E-state index contributed by atoms with van der Waals surface area (Å²) in [6, 6.07) is 7.31. The van der Waals surface area contributed by atoms with Gasteiger partial charge in [-0.25, -0.2) is 0 Å². The monoisotopic (exact) mass is 269 g/mol. The van der Waals surface area contributed by atoms with E-state index in [0.717, 1.165) is 4.47 Å². The minimum atomic E-state index is -0.360. The number of hydrogen-bond donors (Lipinski definition) is 1. The van der Waals surface area contributed by atoms with E-state index in [-0.39, 0.29) is 12.0 Å². The maximum absolute atomic E-state index is 11.9. The van der Waals surface area contributed by atoms with Gasteiger partial charge >= 0.3 is 0 Å². The highest BCUT2D eigenvalue weighted by atomic mass is 79.9. The molecule has 0 bridgehead atoms. The van der Waals surface area contributed by atoms with Crippen molar-refractivity contribution in [3.05, 3.63) is 34.3 Å². The summed E-state index contributed by atoms with van der Waals surface area (Å²) in [6.45, 7) is 1.10. The summed E-state index contributed by atoms with van der Waals surface area (Å²) in [5.74, 6) is -0.00662. The van der Waals surface area contributed by atoms with Crippen LogP contribution in [0.4, 0.5) is 0 Å². The average Bonchev–Trinajstić information content (AvgIpc) is 2.64. The molecule has 1 unspecified atom stereocenters. The lowest BCUT2D eigenvalue weighted by Crippen LogP contribution is -2.29. The maximum Gasteiger partial charge on any atom is 0.253 e. The van der Waals surface area contributed by atoms with E-state index in [2.05, 4.69) is 15.9 Å². The van der Waals surface area contributed by atoms with Gasteiger partial charge in [-0.3, -0.25) is 4.79 Å². The standard InChI is InChI=1S/C11H12BrNO2/c12-9-3-1-2-8(6-9)11(15)13-5-4-10(14)7-13/h1-3,6,10,14H,4-5,7H2. The lowest BCUT2D eigenvalue weighted by atomic mass is 10.2. The first-order valence-corrected chi connectivity index (χ1v) is 5.69. The van der Waals surface area contributed by atoms with Gasteiger partial charge in [0.25, 0.3) is 5.91 Å². The van der Waals surface area contributed by atoms with Crippen LogP contribution in [0.1, 0.15) is 16.8 Å². The fraction of sp³-hybridized carbons (Fsp3) is 0.364. The number of β-amino-alcohol motifs (C(OH)–C–C–N with tert-alkyl or cyclic N) is 1. The van der Waals surface area contributed by atoms with E-state index in [1.165, 1.54) is 0 Å². The highest BCUT2D eigenvalue weighted by molar-refractivity contribution is 9.10. The molecule has 80 valence electrons. The molecule has 2 rings (SSSR count). The number of carbonyl (C=O) groups is 1. The van der Waals surface area contributed by atoms with E-state index >= 15 is 0 Å². The summed E-state index contributed by atoms with van der Waals surface area (Å²) in [7, 11) is 0. The Balaban J connectivity index is 2.14. The van der Waals surface area contributed by atoms with Crippen molar-refractivity contribution >= 4 is 21.8 Å². The molecule has 1 saturated heterocycles. The number of amides is 1. The van der Waals surface area contributed by atoms with Gasteiger partial charge in [0.1, 0.15) is 0 Å². The second kappa shape index (κ2) is 4.33. The molecule has 15 heavy (non-hydrogen) atoms. The first-order chi connectivity index (χ1) is 7.16. The topological polar surface area (TPSA) is 40.5 Å². The Labute approximate surface area is 96.8 Å². The van der Waals surface area contributed by atoms with Gasteiger partial charge in [0.15, 0.2) is 0 Å². The third kappa shape index (κ3) is 2.38. The van der Waals surface area contributed by atoms with E-state index < -0.39 is 0 Å². The van der Waals surface area contributed by atoms with Crippen molar-refractivity contribution in [1.82, 2.24) is 4.90 Å². The number of aliphatic hydroxyl groups excluding tert-OH is 1. The Morgan fingerprint density at radius 1 is 1.53 bits per heavy atom. The smallest absolute Gasteiger partial charge is 0.253 e. The minimum absolute atomic E-state index is 0.00662. The van der Waals surface area contributed by atoms with Crippen LogP contribution in [0.2, 0.25) is 0 Å². The Bertz CT molecular complexity index is 381. The van der Waals surface area contributed by atoms with Gasteiger partial charge < -0.3 is 10.0 Å². The van der Waals surface area contributed by atoms with Crippen LogP contribution in [-0.4, -0.2) is 35.1 Å². The van der Waals surface area contributed by atoms with Crippen LogP contribution in [0.3, 0.4) is 0 Å². The number of aliphatic hydroxyl groups is 1. The van der Waals surface area contributed by atoms with Gasteiger partial charge in [0, 0.05) is 23.1 Å². The van der Waals surface area contributed by atoms with Crippen molar-refractivity contribution in [2.45, 2.75) is 12.5 Å². The molecule has 1 fully saturated rings. The average molecular weight is 270 g/mol. The van der Waals surface area contributed by atoms with E-state index in [9.17, 15) is 9.90 Å². The molecule has 1 aromatic carbocycles. The molecule has 1 N–H and O–H groups in total. The quantitative estimate of drug-likeness (QED) is 0.843. The summed E-state index contributed by atoms with van der Waals surface area (Å²) in [6.07, 6.45) is 0.320. The number of hydrogen-bond acceptors (Lipinski definition) is 2. The van der Waals surface area contributed by atoms with Gasteiger partial charge in [0.05, 0.1) is 6.10 Å². The predicted octanol–water partition coefficient (Wildman–Crippen LogP) is 1.66. The fourth-order valence-electron chi connectivity index (χ4n) is 1.73. The molecule has 0 aromatic heterocycles. The Kier molecular flexibility index (Phi) is 3.07. The number of benzene rings is 1. The Morgan fingerprint density at radius 3 is 2.93 bits per heavy atom. The zero-order chi connectivity index (χ0) is 10.8. The van der Waals surface area contributed by atoms with Crippen LogP contribution in [0, 0.1) is 0 Å². The molecule has 1 amide bonds. The van der Waals surface area contributed by atoms with Crippen LogP contribution in [0.15, 0.2) is 28.7 Å². The molecule has 1 heterocycles. The van der Waals surface area contributed by atoms with E-state index in [1.54, 1.807) is 17.0 Å². The normalized spacial score (nSPS) is 20.7. The van der Waals surface area contributed by atoms with E-state index in [1.807, 2.05) is 12.1 Å². The van der Waals surface area contributed by atoms with Crippen molar-refractivity contribution in [2.24, 2.45) is 0 Å². The first kappa shape index (κ1) is 10.6. The zero-order valence-corrected chi connectivity index (χ0v) is 9.77. The summed E-state index contributed by atoms with van der Waals surface area (Å²) in [4.78, 5) is 13.6. The molecule has 3 nitrogen and oxygen atoms in total. The number of likely N-dealkylation sites (tertiary alicyclic amines) is 1. The molecular weight excluding hydrogens is 258 g/mol.